The maximum Gasteiger partial charge on any atom is 0.144 e. The van der Waals surface area contributed by atoms with Crippen LogP contribution in [0.4, 0.5) is 0 Å². The SMILES string of the molecule is C=NOCC(/C=C\C)=c1\ncccc1=C. The Bertz CT molecular complexity index is 463. The number of nitrogens with zero attached hydrogens (tertiary/aromatic N) is 2. The van der Waals surface area contributed by atoms with Gasteiger partial charge in [-0.25, -0.2) is 0 Å². The summed E-state index contributed by atoms with van der Waals surface area (Å²) in [6.45, 7) is 9.47. The molecule has 0 N–H and O–H groups in total. The number of pyridine rings is 1. The topological polar surface area (TPSA) is 34.5 Å². The molecule has 15 heavy (non-hydrogen) atoms. The second-order valence-corrected chi connectivity index (χ2v) is 2.94. The summed E-state index contributed by atoms with van der Waals surface area (Å²) in [6, 6.07) is 3.76. The molecule has 1 aromatic rings. The molecule has 0 radical (unpaired) electrons. The molecule has 0 amide bonds. The van der Waals surface area contributed by atoms with Crippen LogP contribution in [0.15, 0.2) is 35.6 Å². The van der Waals surface area contributed by atoms with Gasteiger partial charge in [0, 0.05) is 18.5 Å². The van der Waals surface area contributed by atoms with Crippen molar-refractivity contribution in [1.82, 2.24) is 4.98 Å². The third-order valence-corrected chi connectivity index (χ3v) is 1.87. The Labute approximate surface area is 89.1 Å². The van der Waals surface area contributed by atoms with Crippen molar-refractivity contribution >= 4 is 18.9 Å². The summed E-state index contributed by atoms with van der Waals surface area (Å²) in [4.78, 5) is 9.17. The molecule has 1 rings (SSSR count). The van der Waals surface area contributed by atoms with Gasteiger partial charge >= 0.3 is 0 Å². The molecule has 3 heteroatoms. The van der Waals surface area contributed by atoms with Crippen LogP contribution in [0.25, 0.3) is 12.2 Å². The molecule has 0 saturated carbocycles. The smallest absolute Gasteiger partial charge is 0.144 e. The minimum absolute atomic E-state index is 0.355. The van der Waals surface area contributed by atoms with Crippen LogP contribution in [-0.4, -0.2) is 18.3 Å². The van der Waals surface area contributed by atoms with Gasteiger partial charge in [-0.1, -0.05) is 24.8 Å². The fourth-order valence-electron chi connectivity index (χ4n) is 1.24. The zero-order chi connectivity index (χ0) is 11.1. The summed E-state index contributed by atoms with van der Waals surface area (Å²) in [7, 11) is 0. The Morgan fingerprint density at radius 1 is 1.67 bits per heavy atom. The van der Waals surface area contributed by atoms with Crippen molar-refractivity contribution in [2.24, 2.45) is 5.16 Å². The first-order valence-electron chi connectivity index (χ1n) is 4.63. The molecule has 0 aliphatic carbocycles. The predicted molar refractivity (Wildman–Crippen MR) is 62.7 cm³/mol. The lowest BCUT2D eigenvalue weighted by atomic mass is 10.2. The number of rotatable bonds is 4. The minimum Gasteiger partial charge on any atom is -0.391 e. The van der Waals surface area contributed by atoms with E-state index in [1.54, 1.807) is 6.20 Å². The van der Waals surface area contributed by atoms with Gasteiger partial charge < -0.3 is 4.84 Å². The fraction of sp³-hybridized carbons (Fsp3) is 0.167. The quantitative estimate of drug-likeness (QED) is 0.536. The van der Waals surface area contributed by atoms with E-state index < -0.39 is 0 Å². The first-order valence-corrected chi connectivity index (χ1v) is 4.63. The molecule has 1 heterocycles. The summed E-state index contributed by atoms with van der Waals surface area (Å²) in [5.74, 6) is 0. The third kappa shape index (κ3) is 3.06. The molecular weight excluding hydrogens is 188 g/mol. The van der Waals surface area contributed by atoms with Gasteiger partial charge in [0.05, 0.1) is 5.35 Å². The van der Waals surface area contributed by atoms with Crippen molar-refractivity contribution < 1.29 is 4.84 Å². The van der Waals surface area contributed by atoms with Crippen LogP contribution < -0.4 is 10.6 Å². The predicted octanol–water partition coefficient (Wildman–Crippen LogP) is 0.851. The van der Waals surface area contributed by atoms with Gasteiger partial charge in [-0.3, -0.25) is 4.98 Å². The minimum atomic E-state index is 0.355. The number of aromatic nitrogens is 1. The Hall–Kier alpha value is -1.90. The molecule has 0 unspecified atom stereocenters. The van der Waals surface area contributed by atoms with Crippen LogP contribution in [0, 0.1) is 0 Å². The number of oxime groups is 1. The largest absolute Gasteiger partial charge is 0.391 e. The molecule has 0 aromatic carbocycles. The zero-order valence-electron chi connectivity index (χ0n) is 8.81. The molecule has 78 valence electrons. The van der Waals surface area contributed by atoms with Crippen LogP contribution in [0.1, 0.15) is 6.92 Å². The molecule has 0 fully saturated rings. The molecule has 0 atom stereocenters. The molecule has 3 nitrogen and oxygen atoms in total. The first-order chi connectivity index (χ1) is 7.29. The highest BCUT2D eigenvalue weighted by atomic mass is 16.6. The highest BCUT2D eigenvalue weighted by Gasteiger charge is 1.96. The maximum absolute atomic E-state index is 4.92. The monoisotopic (exact) mass is 202 g/mol. The number of hydrogen-bond donors (Lipinski definition) is 0. The number of allylic oxidation sites excluding steroid dienone is 1. The van der Waals surface area contributed by atoms with Gasteiger partial charge in [-0.2, -0.15) is 0 Å². The van der Waals surface area contributed by atoms with Crippen LogP contribution in [-0.2, 0) is 4.84 Å². The van der Waals surface area contributed by atoms with Gasteiger partial charge in [-0.15, -0.1) is 5.16 Å². The average Bonchev–Trinajstić information content (AvgIpc) is 2.25. The van der Waals surface area contributed by atoms with E-state index in [9.17, 15) is 0 Å². The Morgan fingerprint density at radius 3 is 3.07 bits per heavy atom. The Kier molecular flexibility index (Phi) is 4.29. The van der Waals surface area contributed by atoms with Crippen LogP contribution in [0.3, 0.4) is 0 Å². The van der Waals surface area contributed by atoms with Gasteiger partial charge in [0.1, 0.15) is 6.61 Å². The number of hydrogen-bond acceptors (Lipinski definition) is 3. The highest BCUT2D eigenvalue weighted by molar-refractivity contribution is 5.56. The van der Waals surface area contributed by atoms with Crippen molar-refractivity contribution in [2.45, 2.75) is 6.92 Å². The molecule has 1 aromatic heterocycles. The van der Waals surface area contributed by atoms with E-state index in [0.29, 0.717) is 6.61 Å². The van der Waals surface area contributed by atoms with Crippen LogP contribution in [0.5, 0.6) is 0 Å². The van der Waals surface area contributed by atoms with Crippen molar-refractivity contribution in [3.8, 4) is 0 Å². The van der Waals surface area contributed by atoms with E-state index in [1.165, 1.54) is 0 Å². The molecule has 0 saturated heterocycles. The second kappa shape index (κ2) is 5.75. The van der Waals surface area contributed by atoms with E-state index in [-0.39, 0.29) is 0 Å². The van der Waals surface area contributed by atoms with Crippen molar-refractivity contribution in [3.63, 3.8) is 0 Å². The van der Waals surface area contributed by atoms with E-state index in [2.05, 4.69) is 23.4 Å². The lowest BCUT2D eigenvalue weighted by molar-refractivity contribution is 0.182. The summed E-state index contributed by atoms with van der Waals surface area (Å²) in [5, 5.41) is 5.07. The van der Waals surface area contributed by atoms with Gasteiger partial charge in [0.15, 0.2) is 0 Å². The van der Waals surface area contributed by atoms with E-state index in [4.69, 9.17) is 4.84 Å². The highest BCUT2D eigenvalue weighted by Crippen LogP contribution is 1.95. The lowest BCUT2D eigenvalue weighted by Gasteiger charge is -2.00. The Balaban J connectivity index is 3.26. The molecule has 0 aliphatic rings. The molecule has 0 spiro atoms. The molecule has 0 aliphatic heterocycles. The van der Waals surface area contributed by atoms with Crippen LogP contribution >= 0.6 is 0 Å². The normalized spacial score (nSPS) is 12.6. The lowest BCUT2D eigenvalue weighted by Crippen LogP contribution is -2.29. The third-order valence-electron chi connectivity index (χ3n) is 1.87. The summed E-state index contributed by atoms with van der Waals surface area (Å²) < 4.78 is 0. The fourth-order valence-corrected chi connectivity index (χ4v) is 1.24. The van der Waals surface area contributed by atoms with Crippen molar-refractivity contribution in [2.75, 3.05) is 6.61 Å². The van der Waals surface area contributed by atoms with E-state index >= 15 is 0 Å². The molecular formula is C12H14N2O. The summed E-state index contributed by atoms with van der Waals surface area (Å²) in [6.07, 6.45) is 5.59. The van der Waals surface area contributed by atoms with Crippen LogP contribution in [0.2, 0.25) is 0 Å². The van der Waals surface area contributed by atoms with Gasteiger partial charge in [-0.05, 0) is 18.2 Å². The van der Waals surface area contributed by atoms with E-state index in [0.717, 1.165) is 16.1 Å². The summed E-state index contributed by atoms with van der Waals surface area (Å²) >= 11 is 0. The second-order valence-electron chi connectivity index (χ2n) is 2.94. The zero-order valence-corrected chi connectivity index (χ0v) is 8.81. The Morgan fingerprint density at radius 2 is 2.47 bits per heavy atom. The van der Waals surface area contributed by atoms with E-state index in [1.807, 2.05) is 31.2 Å². The average molecular weight is 202 g/mol. The van der Waals surface area contributed by atoms with Gasteiger partial charge in [0.2, 0.25) is 0 Å². The molecule has 0 bridgehead atoms. The van der Waals surface area contributed by atoms with Crippen molar-refractivity contribution in [1.29, 1.82) is 0 Å². The van der Waals surface area contributed by atoms with Gasteiger partial charge in [0.25, 0.3) is 0 Å². The standard InChI is InChI=1S/C12H14N2O/c1-4-6-11(9-15-13-3)12-10(2)7-5-8-14-12/h4-8H,2-3,9H2,1H3/b6-4-,12-11-. The maximum atomic E-state index is 4.92. The first kappa shape index (κ1) is 11.2. The summed E-state index contributed by atoms with van der Waals surface area (Å²) in [5.41, 5.74) is 0.940. The van der Waals surface area contributed by atoms with Crippen molar-refractivity contribution in [3.05, 3.63) is 41.0 Å².